The van der Waals surface area contributed by atoms with E-state index in [1.54, 1.807) is 49.6 Å². The van der Waals surface area contributed by atoms with Gasteiger partial charge in [-0.3, -0.25) is 14.4 Å². The molecule has 0 bridgehead atoms. The Hall–Kier alpha value is -3.92. The number of anilines is 1. The third-order valence-corrected chi connectivity index (χ3v) is 5.58. The molecule has 0 saturated heterocycles. The molecule has 1 aromatic carbocycles. The highest BCUT2D eigenvalue weighted by Gasteiger charge is 2.23. The van der Waals surface area contributed by atoms with Crippen LogP contribution in [0.2, 0.25) is 5.02 Å². The van der Waals surface area contributed by atoms with Gasteiger partial charge in [0.1, 0.15) is 5.56 Å². The Balaban J connectivity index is 1.74. The van der Waals surface area contributed by atoms with Gasteiger partial charge < -0.3 is 20.9 Å². The molecule has 3 aromatic heterocycles. The van der Waals surface area contributed by atoms with Crippen molar-refractivity contribution >= 4 is 45.7 Å². The van der Waals surface area contributed by atoms with E-state index in [0.717, 1.165) is 0 Å². The first kappa shape index (κ1) is 22.3. The Morgan fingerprint density at radius 1 is 1.27 bits per heavy atom. The maximum atomic E-state index is 13.3. The van der Waals surface area contributed by atoms with Crippen LogP contribution in [0.3, 0.4) is 0 Å². The first-order valence-electron chi connectivity index (χ1n) is 10.2. The molecule has 11 heteroatoms. The molecular formula is C22H22ClN7O3. The first-order chi connectivity index (χ1) is 15.8. The van der Waals surface area contributed by atoms with Gasteiger partial charge in [0.25, 0.3) is 11.5 Å². The summed E-state index contributed by atoms with van der Waals surface area (Å²) < 4.78 is 2.93. The fourth-order valence-corrected chi connectivity index (χ4v) is 4.04. The second-order valence-electron chi connectivity index (χ2n) is 7.56. The zero-order chi connectivity index (χ0) is 23.7. The fraction of sp³-hybridized carbons (Fsp3) is 0.227. The van der Waals surface area contributed by atoms with Gasteiger partial charge in [0, 0.05) is 38.1 Å². The highest BCUT2D eigenvalue weighted by Crippen LogP contribution is 2.24. The lowest BCUT2D eigenvalue weighted by atomic mass is 10.1. The van der Waals surface area contributed by atoms with Crippen LogP contribution in [-0.2, 0) is 11.3 Å². The molecule has 0 spiro atoms. The average Bonchev–Trinajstić information content (AvgIpc) is 3.10. The molecule has 1 atom stereocenters. The molecular weight excluding hydrogens is 446 g/mol. The monoisotopic (exact) mass is 467 g/mol. The van der Waals surface area contributed by atoms with Gasteiger partial charge >= 0.3 is 0 Å². The number of rotatable bonds is 6. The number of fused-ring (bicyclic) bond motifs is 2. The van der Waals surface area contributed by atoms with Gasteiger partial charge in [-0.25, -0.2) is 9.50 Å². The van der Waals surface area contributed by atoms with Crippen LogP contribution >= 0.6 is 11.6 Å². The molecule has 0 aliphatic carbocycles. The lowest BCUT2D eigenvalue weighted by molar-refractivity contribution is -0.118. The number of hydrogen-bond acceptors (Lipinski definition) is 6. The van der Waals surface area contributed by atoms with Crippen molar-refractivity contribution in [2.24, 2.45) is 0 Å². The van der Waals surface area contributed by atoms with E-state index in [9.17, 15) is 14.4 Å². The molecule has 4 aromatic rings. The number of nitrogens with zero attached hydrogens (tertiary/aromatic N) is 4. The largest absolute Gasteiger partial charge is 0.381 e. The zero-order valence-corrected chi connectivity index (χ0v) is 18.8. The summed E-state index contributed by atoms with van der Waals surface area (Å²) in [5, 5.41) is 11.0. The van der Waals surface area contributed by atoms with Crippen molar-refractivity contribution in [2.75, 3.05) is 12.3 Å². The number of carbonyl (C=O) groups excluding carboxylic acids is 2. The lowest BCUT2D eigenvalue weighted by Crippen LogP contribution is -2.35. The molecule has 2 amide bonds. The topological polar surface area (TPSA) is 136 Å². The van der Waals surface area contributed by atoms with E-state index in [-0.39, 0.29) is 35.9 Å². The minimum Gasteiger partial charge on any atom is -0.381 e. The zero-order valence-electron chi connectivity index (χ0n) is 18.0. The highest BCUT2D eigenvalue weighted by atomic mass is 35.5. The molecule has 0 saturated carbocycles. The van der Waals surface area contributed by atoms with Crippen molar-refractivity contribution in [3.8, 4) is 0 Å². The van der Waals surface area contributed by atoms with E-state index in [4.69, 9.17) is 17.3 Å². The Labute approximate surface area is 193 Å². The molecule has 0 aliphatic rings. The van der Waals surface area contributed by atoms with Crippen molar-refractivity contribution < 1.29 is 9.59 Å². The van der Waals surface area contributed by atoms with Crippen molar-refractivity contribution in [1.82, 2.24) is 29.8 Å². The van der Waals surface area contributed by atoms with Gasteiger partial charge in [0.05, 0.1) is 16.5 Å². The van der Waals surface area contributed by atoms with Crippen LogP contribution < -0.4 is 21.9 Å². The highest BCUT2D eigenvalue weighted by molar-refractivity contribution is 6.35. The summed E-state index contributed by atoms with van der Waals surface area (Å²) in [6.07, 6.45) is 3.19. The van der Waals surface area contributed by atoms with Crippen LogP contribution in [0.25, 0.3) is 16.4 Å². The van der Waals surface area contributed by atoms with E-state index < -0.39 is 11.9 Å². The summed E-state index contributed by atoms with van der Waals surface area (Å²) in [7, 11) is 0. The van der Waals surface area contributed by atoms with Crippen molar-refractivity contribution in [3.05, 3.63) is 69.4 Å². The molecule has 4 rings (SSSR count). The Morgan fingerprint density at radius 2 is 2.06 bits per heavy atom. The first-order valence-corrected chi connectivity index (χ1v) is 10.6. The maximum Gasteiger partial charge on any atom is 0.260 e. The maximum absolute atomic E-state index is 13.3. The van der Waals surface area contributed by atoms with Gasteiger partial charge in [-0.1, -0.05) is 23.7 Å². The number of halogens is 1. The van der Waals surface area contributed by atoms with Crippen molar-refractivity contribution in [2.45, 2.75) is 26.4 Å². The smallest absolute Gasteiger partial charge is 0.260 e. The minimum atomic E-state index is -0.580. The minimum absolute atomic E-state index is 0.0479. The molecule has 0 fully saturated rings. The number of carbonyl (C=O) groups is 2. The Bertz CT molecular complexity index is 1440. The molecule has 33 heavy (non-hydrogen) atoms. The molecule has 4 N–H and O–H groups in total. The number of nitrogens with one attached hydrogen (secondary N) is 2. The molecule has 170 valence electrons. The summed E-state index contributed by atoms with van der Waals surface area (Å²) in [4.78, 5) is 41.9. The van der Waals surface area contributed by atoms with E-state index in [2.05, 4.69) is 20.7 Å². The summed E-state index contributed by atoms with van der Waals surface area (Å²) >= 11 is 6.29. The summed E-state index contributed by atoms with van der Waals surface area (Å²) in [5.41, 5.74) is 6.69. The van der Waals surface area contributed by atoms with Gasteiger partial charge in [-0.15, -0.1) is 5.10 Å². The number of amides is 2. The normalized spacial score (nSPS) is 12.1. The predicted octanol–water partition coefficient (Wildman–Crippen LogP) is 1.91. The standard InChI is InChI=1S/C22H22ClN7O3/c1-12(27-21(32)18-19(24)28-30-9-4-7-26-20(18)30)16-11-14-5-3-6-15(23)17(14)22(33)29(16)10-8-25-13(2)31/h3-7,9,11-12H,8,10H2,1-2H3,(H2,24,28)(H,25,31)(H,27,32)/t12-/m0/s1. The van der Waals surface area contributed by atoms with Gasteiger partial charge in [-0.2, -0.15) is 0 Å². The second kappa shape index (κ2) is 8.91. The van der Waals surface area contributed by atoms with Crippen LogP contribution in [0.15, 0.2) is 47.5 Å². The Kier molecular flexibility index (Phi) is 6.01. The van der Waals surface area contributed by atoms with Crippen LogP contribution in [0.4, 0.5) is 5.82 Å². The summed E-state index contributed by atoms with van der Waals surface area (Å²) in [5.74, 6) is -0.631. The number of aromatic nitrogens is 4. The van der Waals surface area contributed by atoms with E-state index in [1.165, 1.54) is 16.0 Å². The number of pyridine rings is 1. The van der Waals surface area contributed by atoms with E-state index >= 15 is 0 Å². The molecule has 0 radical (unpaired) electrons. The summed E-state index contributed by atoms with van der Waals surface area (Å²) in [6.45, 7) is 3.60. The SMILES string of the molecule is CC(=O)NCCn1c([C@H](C)NC(=O)c2c(N)nn3cccnc23)cc2cccc(Cl)c2c1=O. The summed E-state index contributed by atoms with van der Waals surface area (Å²) in [6, 6.07) is 8.09. The molecule has 0 aliphatic heterocycles. The molecule has 3 heterocycles. The number of nitrogens with two attached hydrogens (primary N) is 1. The lowest BCUT2D eigenvalue weighted by Gasteiger charge is -2.21. The second-order valence-corrected chi connectivity index (χ2v) is 7.96. The number of benzene rings is 1. The quantitative estimate of drug-likeness (QED) is 0.396. The molecule has 0 unspecified atom stereocenters. The van der Waals surface area contributed by atoms with Crippen molar-refractivity contribution in [3.63, 3.8) is 0 Å². The number of nitrogen functional groups attached to an aromatic ring is 1. The van der Waals surface area contributed by atoms with Crippen molar-refractivity contribution in [1.29, 1.82) is 0 Å². The van der Waals surface area contributed by atoms with E-state index in [1.807, 2.05) is 0 Å². The van der Waals surface area contributed by atoms with Crippen LogP contribution in [0.1, 0.15) is 35.9 Å². The van der Waals surface area contributed by atoms with Crippen LogP contribution in [0, 0.1) is 0 Å². The fourth-order valence-electron chi connectivity index (χ4n) is 3.77. The number of hydrogen-bond donors (Lipinski definition) is 3. The molecule has 10 nitrogen and oxygen atoms in total. The van der Waals surface area contributed by atoms with Gasteiger partial charge in [0.2, 0.25) is 5.91 Å². The van der Waals surface area contributed by atoms with Gasteiger partial charge in [-0.05, 0) is 30.5 Å². The Morgan fingerprint density at radius 3 is 2.82 bits per heavy atom. The van der Waals surface area contributed by atoms with Crippen LogP contribution in [0.5, 0.6) is 0 Å². The van der Waals surface area contributed by atoms with Crippen LogP contribution in [-0.4, -0.2) is 37.5 Å². The average molecular weight is 468 g/mol. The third kappa shape index (κ3) is 4.24. The van der Waals surface area contributed by atoms with E-state index in [0.29, 0.717) is 27.1 Å². The van der Waals surface area contributed by atoms with Gasteiger partial charge in [0.15, 0.2) is 11.5 Å². The third-order valence-electron chi connectivity index (χ3n) is 5.27. The predicted molar refractivity (Wildman–Crippen MR) is 125 cm³/mol.